The molecule has 0 saturated carbocycles. The van der Waals surface area contributed by atoms with E-state index in [-0.39, 0.29) is 4.90 Å². The van der Waals surface area contributed by atoms with Crippen molar-refractivity contribution < 1.29 is 31.8 Å². The van der Waals surface area contributed by atoms with Crippen molar-refractivity contribution in [2.24, 2.45) is 0 Å². The highest BCUT2D eigenvalue weighted by Crippen LogP contribution is 2.42. The van der Waals surface area contributed by atoms with E-state index >= 15 is 0 Å². The largest absolute Gasteiger partial charge is 0.459 e. The number of carbonyl (C=O) groups excluding carboxylic acids is 1. The van der Waals surface area contributed by atoms with Crippen molar-refractivity contribution >= 4 is 37.9 Å². The van der Waals surface area contributed by atoms with Gasteiger partial charge in [-0.25, -0.2) is 12.8 Å². The third-order valence-electron chi connectivity index (χ3n) is 6.90. The van der Waals surface area contributed by atoms with Crippen LogP contribution in [0.1, 0.15) is 20.8 Å². The molecule has 0 aliphatic heterocycles. The second-order valence-corrected chi connectivity index (χ2v) is 13.3. The zero-order valence-corrected chi connectivity index (χ0v) is 26.3. The van der Waals surface area contributed by atoms with Crippen LogP contribution in [0.25, 0.3) is 33.1 Å². The van der Waals surface area contributed by atoms with Crippen LogP contribution in [0.15, 0.2) is 131 Å². The van der Waals surface area contributed by atoms with E-state index in [1.807, 2.05) is 84.9 Å². The molecule has 0 fully saturated rings. The molecular formula is C37H32NO7S+. The molecule has 6 rings (SSSR count). The van der Waals surface area contributed by atoms with Crippen molar-refractivity contribution in [1.29, 1.82) is 0 Å². The van der Waals surface area contributed by atoms with Crippen LogP contribution >= 0.6 is 0 Å². The lowest BCUT2D eigenvalue weighted by molar-refractivity contribution is -0.153. The first-order chi connectivity index (χ1) is 22.1. The van der Waals surface area contributed by atoms with E-state index < -0.39 is 28.1 Å². The Balaban J connectivity index is 1.48. The third-order valence-corrected chi connectivity index (χ3v) is 8.35. The Kier molecular flexibility index (Phi) is 8.44. The zero-order chi connectivity index (χ0) is 32.3. The van der Waals surface area contributed by atoms with Gasteiger partial charge in [-0.3, -0.25) is 4.79 Å². The van der Waals surface area contributed by atoms with E-state index in [9.17, 15) is 13.2 Å². The number of esters is 1. The number of fused-ring (bicyclic) bond motifs is 2. The molecule has 1 N–H and O–H groups in total. The second kappa shape index (κ2) is 12.6. The number of ether oxygens (including phenoxy) is 3. The van der Waals surface area contributed by atoms with Crippen molar-refractivity contribution in [1.82, 2.24) is 4.72 Å². The monoisotopic (exact) mass is 634 g/mol. The maximum Gasteiger partial charge on any atom is 0.365 e. The molecule has 9 heteroatoms. The van der Waals surface area contributed by atoms with E-state index in [1.165, 1.54) is 6.07 Å². The molecule has 0 aliphatic carbocycles. The number of carbonyl (C=O) groups is 1. The van der Waals surface area contributed by atoms with Gasteiger partial charge in [-0.1, -0.05) is 54.6 Å². The van der Waals surface area contributed by atoms with Crippen molar-refractivity contribution in [3.63, 3.8) is 0 Å². The number of hydrogen-bond acceptors (Lipinski definition) is 6. The Labute approximate surface area is 267 Å². The first-order valence-electron chi connectivity index (χ1n) is 14.7. The Morgan fingerprint density at radius 1 is 0.674 bits per heavy atom. The Morgan fingerprint density at radius 3 is 1.70 bits per heavy atom. The van der Waals surface area contributed by atoms with Crippen LogP contribution in [-0.2, 0) is 19.6 Å². The molecule has 1 aromatic heterocycles. The fraction of sp³-hybridized carbons (Fsp3) is 0.135. The van der Waals surface area contributed by atoms with E-state index in [1.54, 1.807) is 51.1 Å². The number of para-hydroxylation sites is 2. The molecular weight excluding hydrogens is 602 g/mol. The fourth-order valence-electron chi connectivity index (χ4n) is 5.03. The molecule has 1 heterocycles. The predicted molar refractivity (Wildman–Crippen MR) is 178 cm³/mol. The molecule has 0 radical (unpaired) electrons. The van der Waals surface area contributed by atoms with Gasteiger partial charge in [-0.2, -0.15) is 4.72 Å². The summed E-state index contributed by atoms with van der Waals surface area (Å²) < 4.78 is 53.7. The minimum atomic E-state index is -4.16. The normalized spacial score (nSPS) is 11.8. The summed E-state index contributed by atoms with van der Waals surface area (Å²) in [7, 11) is -4.16. The van der Waals surface area contributed by atoms with Crippen LogP contribution in [0.3, 0.4) is 0 Å². The SMILES string of the molecule is CC(C)(C)OC(=O)CNS(=O)(=O)c1ccccc1-c1c2ccc(Oc3ccccc3)cc2[o+]c2cc(Oc3ccccc3)ccc12. The minimum absolute atomic E-state index is 0.00147. The molecule has 0 unspecified atom stereocenters. The van der Waals surface area contributed by atoms with Gasteiger partial charge in [-0.15, -0.1) is 0 Å². The molecule has 0 aliphatic rings. The summed E-state index contributed by atoms with van der Waals surface area (Å²) in [5.74, 6) is 1.73. The molecule has 0 saturated heterocycles. The summed E-state index contributed by atoms with van der Waals surface area (Å²) in [5.41, 5.74) is 1.26. The zero-order valence-electron chi connectivity index (χ0n) is 25.5. The van der Waals surface area contributed by atoms with Crippen LogP contribution in [-0.4, -0.2) is 26.5 Å². The lowest BCUT2D eigenvalue weighted by Gasteiger charge is -2.19. The van der Waals surface area contributed by atoms with Gasteiger partial charge in [0.15, 0.2) is 0 Å². The van der Waals surface area contributed by atoms with Gasteiger partial charge in [-0.05, 0) is 75.4 Å². The van der Waals surface area contributed by atoms with E-state index in [0.717, 1.165) is 0 Å². The quantitative estimate of drug-likeness (QED) is 0.0964. The van der Waals surface area contributed by atoms with Crippen LogP contribution in [0, 0.1) is 0 Å². The van der Waals surface area contributed by atoms with E-state index in [2.05, 4.69) is 4.72 Å². The summed E-state index contributed by atoms with van der Waals surface area (Å²) in [6, 6.07) is 36.3. The molecule has 0 amide bonds. The number of hydrogen-bond donors (Lipinski definition) is 1. The van der Waals surface area contributed by atoms with Crippen molar-refractivity contribution in [2.75, 3.05) is 6.54 Å². The number of nitrogens with one attached hydrogen (secondary N) is 1. The highest BCUT2D eigenvalue weighted by atomic mass is 32.2. The molecule has 0 spiro atoms. The summed E-state index contributed by atoms with van der Waals surface area (Å²) in [6.45, 7) is 4.65. The van der Waals surface area contributed by atoms with Gasteiger partial charge in [0.05, 0.1) is 27.8 Å². The van der Waals surface area contributed by atoms with E-state index in [0.29, 0.717) is 56.1 Å². The first-order valence-corrected chi connectivity index (χ1v) is 16.1. The summed E-state index contributed by atoms with van der Waals surface area (Å²) in [4.78, 5) is 12.4. The molecule has 232 valence electrons. The summed E-state index contributed by atoms with van der Waals surface area (Å²) >= 11 is 0. The van der Waals surface area contributed by atoms with Crippen molar-refractivity contribution in [3.05, 3.63) is 121 Å². The summed E-state index contributed by atoms with van der Waals surface area (Å²) in [6.07, 6.45) is 0. The van der Waals surface area contributed by atoms with Gasteiger partial charge in [0, 0.05) is 11.1 Å². The van der Waals surface area contributed by atoms with Gasteiger partial charge in [0.2, 0.25) is 10.0 Å². The lowest BCUT2D eigenvalue weighted by atomic mass is 9.97. The maximum absolute atomic E-state index is 13.7. The average molecular weight is 635 g/mol. The third kappa shape index (κ3) is 7.01. The molecule has 0 bridgehead atoms. The standard InChI is InChI=1S/C37H32NO7S/c1-37(2,3)45-35(39)24-38-46(40,41)34-17-11-10-16-31(34)36-29-20-18-27(42-25-12-6-4-7-13-25)22-32(29)44-33-23-28(19-21-30(33)36)43-26-14-8-5-9-15-26/h4-23,38H,24H2,1-3H3/q+1. The summed E-state index contributed by atoms with van der Waals surface area (Å²) in [5, 5.41) is 1.33. The Bertz CT molecular complexity index is 2040. The molecule has 8 nitrogen and oxygen atoms in total. The Morgan fingerprint density at radius 2 is 1.17 bits per heavy atom. The molecule has 6 aromatic rings. The molecule has 5 aromatic carbocycles. The molecule has 46 heavy (non-hydrogen) atoms. The van der Waals surface area contributed by atoms with Gasteiger partial charge in [0.1, 0.15) is 35.1 Å². The maximum atomic E-state index is 13.7. The van der Waals surface area contributed by atoms with E-state index in [4.69, 9.17) is 18.6 Å². The number of sulfonamides is 1. The number of benzene rings is 5. The van der Waals surface area contributed by atoms with Crippen LogP contribution in [0.5, 0.6) is 23.0 Å². The smallest absolute Gasteiger partial charge is 0.365 e. The second-order valence-electron chi connectivity index (χ2n) is 11.5. The van der Waals surface area contributed by atoms with Crippen LogP contribution < -0.4 is 14.2 Å². The van der Waals surface area contributed by atoms with Crippen LogP contribution in [0.2, 0.25) is 0 Å². The minimum Gasteiger partial charge on any atom is -0.459 e. The van der Waals surface area contributed by atoms with Gasteiger partial charge < -0.3 is 14.2 Å². The molecule has 0 atom stereocenters. The number of rotatable bonds is 9. The van der Waals surface area contributed by atoms with Crippen molar-refractivity contribution in [2.45, 2.75) is 31.3 Å². The van der Waals surface area contributed by atoms with Crippen molar-refractivity contribution in [3.8, 4) is 34.1 Å². The van der Waals surface area contributed by atoms with Crippen LogP contribution in [0.4, 0.5) is 0 Å². The highest BCUT2D eigenvalue weighted by Gasteiger charge is 2.28. The van der Waals surface area contributed by atoms with Gasteiger partial charge in [0.25, 0.3) is 0 Å². The first kappa shape index (κ1) is 30.8. The highest BCUT2D eigenvalue weighted by molar-refractivity contribution is 7.89. The predicted octanol–water partition coefficient (Wildman–Crippen LogP) is 8.74. The van der Waals surface area contributed by atoms with Gasteiger partial charge >= 0.3 is 17.1 Å². The average Bonchev–Trinajstić information content (AvgIpc) is 3.03. The Hall–Kier alpha value is -5.25. The lowest BCUT2D eigenvalue weighted by Crippen LogP contribution is -2.34. The fourth-order valence-corrected chi connectivity index (χ4v) is 6.21. The topological polar surface area (TPSA) is 102 Å².